The summed E-state index contributed by atoms with van der Waals surface area (Å²) in [6.07, 6.45) is 2.74. The van der Waals surface area contributed by atoms with Crippen molar-refractivity contribution in [1.29, 1.82) is 10.7 Å². The van der Waals surface area contributed by atoms with Gasteiger partial charge < -0.3 is 5.73 Å². The Labute approximate surface area is 105 Å². The fourth-order valence-corrected chi connectivity index (χ4v) is 1.23. The topological polar surface area (TPSA) is 125 Å². The van der Waals surface area contributed by atoms with Crippen molar-refractivity contribution in [3.8, 4) is 6.07 Å². The molecule has 0 amide bonds. The average Bonchev–Trinajstić information content (AvgIpc) is 2.92. The second-order valence-electron chi connectivity index (χ2n) is 2.02. The lowest BCUT2D eigenvalue weighted by molar-refractivity contribution is 1.29. The van der Waals surface area contributed by atoms with Gasteiger partial charge in [0.25, 0.3) is 0 Å². The Hall–Kier alpha value is -1.63. The standard InChI is InChI=1S/C3H4N4S.C3HN3S.ClH/c4-2(5)3-6-1-7-8-3;4-1-3-5-2-6-7-3;/h1H,(H3,4,5);2H;1H. The number of nitriles is 1. The largest absolute Gasteiger partial charge is 0.382 e. The highest BCUT2D eigenvalue weighted by Crippen LogP contribution is 1.95. The van der Waals surface area contributed by atoms with Crippen LogP contribution >= 0.6 is 35.5 Å². The van der Waals surface area contributed by atoms with Crippen LogP contribution in [-0.2, 0) is 0 Å². The molecule has 3 N–H and O–H groups in total. The summed E-state index contributed by atoms with van der Waals surface area (Å²) in [5, 5.41) is 15.8. The van der Waals surface area contributed by atoms with E-state index in [2.05, 4.69) is 18.7 Å². The summed E-state index contributed by atoms with van der Waals surface area (Å²) in [7, 11) is 0. The van der Waals surface area contributed by atoms with Gasteiger partial charge >= 0.3 is 0 Å². The van der Waals surface area contributed by atoms with Gasteiger partial charge in [0.05, 0.1) is 0 Å². The van der Waals surface area contributed by atoms with Crippen molar-refractivity contribution in [3.63, 3.8) is 0 Å². The fraction of sp³-hybridized carbons (Fsp3) is 0. The summed E-state index contributed by atoms with van der Waals surface area (Å²) in [5.41, 5.74) is 5.05. The van der Waals surface area contributed by atoms with Crippen molar-refractivity contribution in [3.05, 3.63) is 22.7 Å². The van der Waals surface area contributed by atoms with E-state index in [1.54, 1.807) is 0 Å². The summed E-state index contributed by atoms with van der Waals surface area (Å²) < 4.78 is 7.25. The zero-order chi connectivity index (χ0) is 11.1. The van der Waals surface area contributed by atoms with Gasteiger partial charge in [-0.05, 0) is 23.1 Å². The van der Waals surface area contributed by atoms with Gasteiger partial charge in [-0.1, -0.05) is 0 Å². The van der Waals surface area contributed by atoms with Crippen LogP contribution in [0, 0.1) is 16.7 Å². The van der Waals surface area contributed by atoms with Crippen molar-refractivity contribution in [2.24, 2.45) is 5.73 Å². The molecular formula is C6H6ClN7S2. The second kappa shape index (κ2) is 7.63. The summed E-state index contributed by atoms with van der Waals surface area (Å²) in [6, 6.07) is 1.85. The smallest absolute Gasteiger partial charge is 0.213 e. The van der Waals surface area contributed by atoms with Crippen LogP contribution in [0.4, 0.5) is 0 Å². The van der Waals surface area contributed by atoms with Gasteiger partial charge in [-0.25, -0.2) is 9.97 Å². The van der Waals surface area contributed by atoms with Gasteiger partial charge in [0, 0.05) is 0 Å². The maximum absolute atomic E-state index is 8.08. The van der Waals surface area contributed by atoms with Crippen LogP contribution in [0.3, 0.4) is 0 Å². The molecule has 84 valence electrons. The van der Waals surface area contributed by atoms with Crippen molar-refractivity contribution >= 4 is 41.3 Å². The first-order valence-corrected chi connectivity index (χ1v) is 5.06. The van der Waals surface area contributed by atoms with E-state index in [1.165, 1.54) is 12.7 Å². The quantitative estimate of drug-likeness (QED) is 0.581. The molecule has 0 saturated carbocycles. The molecule has 0 atom stereocenters. The Bertz CT molecular complexity index is 446. The lowest BCUT2D eigenvalue weighted by Crippen LogP contribution is -2.09. The third-order valence-corrected chi connectivity index (χ3v) is 2.32. The first kappa shape index (κ1) is 14.4. The minimum Gasteiger partial charge on any atom is -0.382 e. The first-order valence-electron chi connectivity index (χ1n) is 3.52. The molecule has 2 rings (SSSR count). The van der Waals surface area contributed by atoms with E-state index < -0.39 is 0 Å². The van der Waals surface area contributed by atoms with Gasteiger partial charge in [0.1, 0.15) is 18.7 Å². The van der Waals surface area contributed by atoms with Crippen molar-refractivity contribution < 1.29 is 0 Å². The predicted octanol–water partition coefficient (Wildman–Crippen LogP) is 0.654. The Balaban J connectivity index is 0.000000267. The number of nitrogens with two attached hydrogens (primary N) is 1. The molecule has 2 heterocycles. The van der Waals surface area contributed by atoms with E-state index in [-0.39, 0.29) is 18.2 Å². The number of hydrogen-bond acceptors (Lipinski definition) is 8. The molecule has 0 spiro atoms. The highest BCUT2D eigenvalue weighted by atomic mass is 35.5. The van der Waals surface area contributed by atoms with Crippen LogP contribution < -0.4 is 5.73 Å². The van der Waals surface area contributed by atoms with E-state index in [0.717, 1.165) is 23.1 Å². The number of rotatable bonds is 1. The lowest BCUT2D eigenvalue weighted by atomic mass is 10.7. The predicted molar refractivity (Wildman–Crippen MR) is 62.8 cm³/mol. The molecule has 0 aliphatic heterocycles. The SMILES string of the molecule is Cl.N#Cc1ncns1.N=C(N)c1ncns1. The molecule has 0 aromatic carbocycles. The van der Waals surface area contributed by atoms with Gasteiger partial charge in [-0.2, -0.15) is 14.0 Å². The Morgan fingerprint density at radius 3 is 2.19 bits per heavy atom. The van der Waals surface area contributed by atoms with Gasteiger partial charge in [0.2, 0.25) is 5.01 Å². The molecule has 16 heavy (non-hydrogen) atoms. The maximum Gasteiger partial charge on any atom is 0.213 e. The Kier molecular flexibility index (Phi) is 6.86. The van der Waals surface area contributed by atoms with Crippen molar-refractivity contribution in [2.45, 2.75) is 0 Å². The van der Waals surface area contributed by atoms with Crippen LogP contribution in [0.25, 0.3) is 0 Å². The number of hydrogen-bond donors (Lipinski definition) is 2. The zero-order valence-corrected chi connectivity index (χ0v) is 10.1. The molecule has 2 aromatic rings. The molecule has 10 heteroatoms. The molecule has 0 saturated heterocycles. The molecule has 0 unspecified atom stereocenters. The number of nitrogens with one attached hydrogen (secondary N) is 1. The molecule has 2 aromatic heterocycles. The summed E-state index contributed by atoms with van der Waals surface area (Å²) in [4.78, 5) is 7.25. The summed E-state index contributed by atoms with van der Waals surface area (Å²) in [5.74, 6) is -0.0208. The molecular weight excluding hydrogens is 270 g/mol. The highest BCUT2D eigenvalue weighted by molar-refractivity contribution is 7.07. The third-order valence-electron chi connectivity index (χ3n) is 1.05. The molecule has 0 radical (unpaired) electrons. The monoisotopic (exact) mass is 275 g/mol. The number of halogens is 1. The van der Waals surface area contributed by atoms with Crippen molar-refractivity contribution in [2.75, 3.05) is 0 Å². The molecule has 0 aliphatic carbocycles. The Morgan fingerprint density at radius 2 is 1.94 bits per heavy atom. The highest BCUT2D eigenvalue weighted by Gasteiger charge is 1.95. The van der Waals surface area contributed by atoms with Gasteiger partial charge in [0.15, 0.2) is 10.8 Å². The lowest BCUT2D eigenvalue weighted by Gasteiger charge is -1.81. The number of nitrogen functional groups attached to an aromatic ring is 1. The minimum atomic E-state index is -0.0208. The third kappa shape index (κ3) is 4.74. The number of nitrogens with zero attached hydrogens (tertiary/aromatic N) is 5. The summed E-state index contributed by atoms with van der Waals surface area (Å²) >= 11 is 2.22. The van der Waals surface area contributed by atoms with E-state index >= 15 is 0 Å². The van der Waals surface area contributed by atoms with Crippen molar-refractivity contribution in [1.82, 2.24) is 18.7 Å². The Morgan fingerprint density at radius 1 is 1.31 bits per heavy atom. The zero-order valence-electron chi connectivity index (χ0n) is 7.69. The number of aromatic nitrogens is 4. The first-order chi connectivity index (χ1) is 7.24. The van der Waals surface area contributed by atoms with Crippen LogP contribution in [-0.4, -0.2) is 24.6 Å². The normalized spacial score (nSPS) is 7.94. The van der Waals surface area contributed by atoms with Crippen LogP contribution in [0.5, 0.6) is 0 Å². The average molecular weight is 276 g/mol. The van der Waals surface area contributed by atoms with E-state index in [1.807, 2.05) is 6.07 Å². The number of amidine groups is 1. The van der Waals surface area contributed by atoms with Crippen LogP contribution in [0.2, 0.25) is 0 Å². The molecule has 0 bridgehead atoms. The molecule has 0 aliphatic rings. The molecule has 7 nitrogen and oxygen atoms in total. The van der Waals surface area contributed by atoms with Crippen LogP contribution in [0.1, 0.15) is 10.0 Å². The molecule has 0 fully saturated rings. The summed E-state index contributed by atoms with van der Waals surface area (Å²) in [6.45, 7) is 0. The van der Waals surface area contributed by atoms with E-state index in [0.29, 0.717) is 10.0 Å². The van der Waals surface area contributed by atoms with E-state index in [9.17, 15) is 0 Å². The van der Waals surface area contributed by atoms with E-state index in [4.69, 9.17) is 16.4 Å². The minimum absolute atomic E-state index is 0. The maximum atomic E-state index is 8.08. The second-order valence-corrected chi connectivity index (χ2v) is 3.58. The van der Waals surface area contributed by atoms with Gasteiger partial charge in [-0.3, -0.25) is 5.41 Å². The fourth-order valence-electron chi connectivity index (χ4n) is 0.514. The van der Waals surface area contributed by atoms with Crippen LogP contribution in [0.15, 0.2) is 12.7 Å². The van der Waals surface area contributed by atoms with Gasteiger partial charge in [-0.15, -0.1) is 12.4 Å².